The second kappa shape index (κ2) is 7.59. The summed E-state index contributed by atoms with van der Waals surface area (Å²) < 4.78 is 0. The molecule has 23 heavy (non-hydrogen) atoms. The fourth-order valence-electron chi connectivity index (χ4n) is 3.48. The normalized spacial score (nSPS) is 24.4. The number of rotatable bonds is 4. The summed E-state index contributed by atoms with van der Waals surface area (Å²) in [5.74, 6) is 0.0632. The summed E-state index contributed by atoms with van der Waals surface area (Å²) in [6, 6.07) is 9.63. The summed E-state index contributed by atoms with van der Waals surface area (Å²) >= 11 is 0. The number of nitrogens with one attached hydrogen (secondary N) is 2. The van der Waals surface area contributed by atoms with Crippen molar-refractivity contribution in [1.29, 1.82) is 0 Å². The average molecular weight is 315 g/mol. The molecule has 2 aliphatic heterocycles. The van der Waals surface area contributed by atoms with E-state index in [1.54, 1.807) is 4.90 Å². The van der Waals surface area contributed by atoms with Crippen LogP contribution in [-0.2, 0) is 16.0 Å². The fraction of sp³-hybridized carbons (Fsp3) is 0.556. The highest BCUT2D eigenvalue weighted by atomic mass is 16.2. The van der Waals surface area contributed by atoms with Crippen LogP contribution in [0.25, 0.3) is 0 Å². The monoisotopic (exact) mass is 315 g/mol. The van der Waals surface area contributed by atoms with Gasteiger partial charge < -0.3 is 15.5 Å². The molecular weight excluding hydrogens is 290 g/mol. The van der Waals surface area contributed by atoms with E-state index in [9.17, 15) is 9.59 Å². The molecule has 0 bridgehead atoms. The predicted octanol–water partition coefficient (Wildman–Crippen LogP) is 1.09. The van der Waals surface area contributed by atoms with E-state index in [-0.39, 0.29) is 23.9 Å². The van der Waals surface area contributed by atoms with Gasteiger partial charge in [0.15, 0.2) is 0 Å². The molecule has 1 aromatic carbocycles. The highest BCUT2D eigenvalue weighted by Crippen LogP contribution is 2.19. The van der Waals surface area contributed by atoms with E-state index in [1.807, 2.05) is 30.3 Å². The zero-order valence-electron chi connectivity index (χ0n) is 13.5. The van der Waals surface area contributed by atoms with Crippen LogP contribution in [0.5, 0.6) is 0 Å². The standard InChI is InChI=1S/C18H25N3O2/c22-17(12-14-6-2-1-3-7-14)21-11-5-9-16(21)18(23)20-15-8-4-10-19-13-15/h1-3,6-7,15-16,19H,4-5,8-13H2,(H,20,23). The van der Waals surface area contributed by atoms with E-state index >= 15 is 0 Å². The minimum Gasteiger partial charge on any atom is -0.350 e. The lowest BCUT2D eigenvalue weighted by Gasteiger charge is -2.28. The van der Waals surface area contributed by atoms with Crippen molar-refractivity contribution in [3.05, 3.63) is 35.9 Å². The first kappa shape index (κ1) is 16.0. The van der Waals surface area contributed by atoms with Crippen LogP contribution in [0.15, 0.2) is 30.3 Å². The zero-order chi connectivity index (χ0) is 16.1. The van der Waals surface area contributed by atoms with Gasteiger partial charge in [-0.3, -0.25) is 9.59 Å². The van der Waals surface area contributed by atoms with Gasteiger partial charge in [0.2, 0.25) is 11.8 Å². The van der Waals surface area contributed by atoms with Gasteiger partial charge in [-0.1, -0.05) is 30.3 Å². The SMILES string of the molecule is O=C(NC1CCCNC1)C1CCCN1C(=O)Cc1ccccc1. The minimum absolute atomic E-state index is 0.0117. The Morgan fingerprint density at radius 2 is 2.00 bits per heavy atom. The zero-order valence-corrected chi connectivity index (χ0v) is 13.5. The molecule has 2 fully saturated rings. The third-order valence-electron chi connectivity index (χ3n) is 4.72. The van der Waals surface area contributed by atoms with Crippen molar-refractivity contribution in [3.63, 3.8) is 0 Å². The van der Waals surface area contributed by atoms with E-state index in [0.717, 1.165) is 44.3 Å². The van der Waals surface area contributed by atoms with E-state index in [4.69, 9.17) is 0 Å². The number of amides is 2. The Morgan fingerprint density at radius 3 is 2.74 bits per heavy atom. The Balaban J connectivity index is 1.58. The molecule has 0 radical (unpaired) electrons. The Labute approximate surface area is 137 Å². The van der Waals surface area contributed by atoms with Crippen molar-refractivity contribution in [3.8, 4) is 0 Å². The van der Waals surface area contributed by atoms with Crippen LogP contribution in [0.4, 0.5) is 0 Å². The fourth-order valence-corrected chi connectivity index (χ4v) is 3.48. The molecule has 5 nitrogen and oxygen atoms in total. The van der Waals surface area contributed by atoms with Gasteiger partial charge in [-0.2, -0.15) is 0 Å². The highest BCUT2D eigenvalue weighted by molar-refractivity contribution is 5.89. The number of carbonyl (C=O) groups excluding carboxylic acids is 2. The molecular formula is C18H25N3O2. The number of likely N-dealkylation sites (tertiary alicyclic amines) is 1. The molecule has 2 saturated heterocycles. The van der Waals surface area contributed by atoms with Gasteiger partial charge in [0.05, 0.1) is 6.42 Å². The van der Waals surface area contributed by atoms with Crippen LogP contribution >= 0.6 is 0 Å². The van der Waals surface area contributed by atoms with Crippen molar-refractivity contribution in [1.82, 2.24) is 15.5 Å². The lowest BCUT2D eigenvalue weighted by molar-refractivity contribution is -0.138. The van der Waals surface area contributed by atoms with Gasteiger partial charge in [-0.15, -0.1) is 0 Å². The minimum atomic E-state index is -0.298. The second-order valence-corrected chi connectivity index (χ2v) is 6.46. The van der Waals surface area contributed by atoms with Crippen LogP contribution in [0.1, 0.15) is 31.2 Å². The van der Waals surface area contributed by atoms with E-state index in [2.05, 4.69) is 10.6 Å². The van der Waals surface area contributed by atoms with E-state index in [1.165, 1.54) is 0 Å². The number of hydrogen-bond acceptors (Lipinski definition) is 3. The van der Waals surface area contributed by atoms with E-state index in [0.29, 0.717) is 13.0 Å². The van der Waals surface area contributed by atoms with Gasteiger partial charge in [-0.25, -0.2) is 0 Å². The smallest absolute Gasteiger partial charge is 0.243 e. The molecule has 0 spiro atoms. The quantitative estimate of drug-likeness (QED) is 0.874. The molecule has 5 heteroatoms. The van der Waals surface area contributed by atoms with Crippen molar-refractivity contribution in [2.75, 3.05) is 19.6 Å². The van der Waals surface area contributed by atoms with Crippen LogP contribution in [0.2, 0.25) is 0 Å². The molecule has 124 valence electrons. The summed E-state index contributed by atoms with van der Waals surface area (Å²) in [4.78, 5) is 26.9. The van der Waals surface area contributed by atoms with Crippen molar-refractivity contribution < 1.29 is 9.59 Å². The maximum Gasteiger partial charge on any atom is 0.243 e. The first-order valence-electron chi connectivity index (χ1n) is 8.58. The molecule has 2 atom stereocenters. The summed E-state index contributed by atoms with van der Waals surface area (Å²) in [7, 11) is 0. The van der Waals surface area contributed by atoms with E-state index < -0.39 is 0 Å². The lowest BCUT2D eigenvalue weighted by atomic mass is 10.1. The average Bonchev–Trinajstić information content (AvgIpc) is 3.06. The van der Waals surface area contributed by atoms with Gasteiger partial charge in [0.1, 0.15) is 6.04 Å². The van der Waals surface area contributed by atoms with Crippen LogP contribution in [0, 0.1) is 0 Å². The largest absolute Gasteiger partial charge is 0.350 e. The van der Waals surface area contributed by atoms with Crippen LogP contribution < -0.4 is 10.6 Å². The molecule has 2 aliphatic rings. The Kier molecular flexibility index (Phi) is 5.28. The summed E-state index contributed by atoms with van der Waals surface area (Å²) in [5, 5.41) is 6.42. The van der Waals surface area contributed by atoms with Crippen molar-refractivity contribution >= 4 is 11.8 Å². The first-order valence-corrected chi connectivity index (χ1v) is 8.58. The molecule has 2 N–H and O–H groups in total. The third-order valence-corrected chi connectivity index (χ3v) is 4.72. The number of carbonyl (C=O) groups is 2. The number of benzene rings is 1. The molecule has 0 saturated carbocycles. The molecule has 0 aliphatic carbocycles. The van der Waals surface area contributed by atoms with Crippen LogP contribution in [-0.4, -0.2) is 48.4 Å². The first-order chi connectivity index (χ1) is 11.2. The second-order valence-electron chi connectivity index (χ2n) is 6.46. The number of piperidine rings is 1. The Morgan fingerprint density at radius 1 is 1.17 bits per heavy atom. The van der Waals surface area contributed by atoms with Crippen LogP contribution in [0.3, 0.4) is 0 Å². The van der Waals surface area contributed by atoms with Crippen molar-refractivity contribution in [2.45, 2.75) is 44.2 Å². The molecule has 2 unspecified atom stereocenters. The number of nitrogens with zero attached hydrogens (tertiary/aromatic N) is 1. The third kappa shape index (κ3) is 4.10. The topological polar surface area (TPSA) is 61.4 Å². The molecule has 0 aromatic heterocycles. The maximum atomic E-state index is 12.6. The highest BCUT2D eigenvalue weighted by Gasteiger charge is 2.34. The molecule has 2 heterocycles. The summed E-state index contributed by atoms with van der Waals surface area (Å²) in [6.45, 7) is 2.54. The number of hydrogen-bond donors (Lipinski definition) is 2. The molecule has 3 rings (SSSR count). The van der Waals surface area contributed by atoms with Gasteiger partial charge in [0, 0.05) is 19.1 Å². The van der Waals surface area contributed by atoms with Gasteiger partial charge in [-0.05, 0) is 37.8 Å². The summed E-state index contributed by atoms with van der Waals surface area (Å²) in [5.41, 5.74) is 1.00. The van der Waals surface area contributed by atoms with Gasteiger partial charge >= 0.3 is 0 Å². The maximum absolute atomic E-state index is 12.6. The van der Waals surface area contributed by atoms with Crippen molar-refractivity contribution in [2.24, 2.45) is 0 Å². The lowest BCUT2D eigenvalue weighted by Crippen LogP contribution is -2.52. The predicted molar refractivity (Wildman–Crippen MR) is 88.9 cm³/mol. The van der Waals surface area contributed by atoms with Gasteiger partial charge in [0.25, 0.3) is 0 Å². The Hall–Kier alpha value is -1.88. The molecule has 1 aromatic rings. The molecule has 2 amide bonds. The summed E-state index contributed by atoms with van der Waals surface area (Å²) in [6.07, 6.45) is 4.15. The Bertz CT molecular complexity index is 540.